The highest BCUT2D eigenvalue weighted by Gasteiger charge is 2.21. The fraction of sp³-hybridized carbons (Fsp3) is 0.579. The van der Waals surface area contributed by atoms with Crippen LogP contribution in [0.3, 0.4) is 0 Å². The molecule has 0 saturated carbocycles. The Morgan fingerprint density at radius 1 is 1.24 bits per heavy atom. The molecule has 5 nitrogen and oxygen atoms in total. The number of hydrogen-bond donors (Lipinski definition) is 3. The van der Waals surface area contributed by atoms with E-state index in [1.807, 2.05) is 0 Å². The summed E-state index contributed by atoms with van der Waals surface area (Å²) in [5.41, 5.74) is 0.792. The molecule has 138 valence electrons. The minimum Gasteiger partial charge on any atom is -0.354 e. The Labute approximate surface area is 148 Å². The molecule has 0 aliphatic carbocycles. The predicted molar refractivity (Wildman–Crippen MR) is 95.9 cm³/mol. The summed E-state index contributed by atoms with van der Waals surface area (Å²) in [6.07, 6.45) is 2.76. The molecule has 1 aromatic rings. The molecule has 1 saturated heterocycles. The molecular formula is C19H28FN3O2. The van der Waals surface area contributed by atoms with Gasteiger partial charge in [0.25, 0.3) is 5.91 Å². The molecule has 6 heteroatoms. The van der Waals surface area contributed by atoms with Crippen LogP contribution in [0.4, 0.5) is 4.39 Å². The Hall–Kier alpha value is -1.95. The SMILES string of the molecule is Cc1ccc(C(=O)NCCNC(=O)CC(C)C2CCNCC2)cc1F. The summed E-state index contributed by atoms with van der Waals surface area (Å²) in [5.74, 6) is 0.251. The second kappa shape index (κ2) is 9.51. The quantitative estimate of drug-likeness (QED) is 0.660. The summed E-state index contributed by atoms with van der Waals surface area (Å²) in [6.45, 7) is 6.53. The fourth-order valence-corrected chi connectivity index (χ4v) is 3.16. The Morgan fingerprint density at radius 2 is 1.92 bits per heavy atom. The van der Waals surface area contributed by atoms with Gasteiger partial charge >= 0.3 is 0 Å². The van der Waals surface area contributed by atoms with E-state index in [0.717, 1.165) is 25.9 Å². The van der Waals surface area contributed by atoms with Crippen LogP contribution in [-0.4, -0.2) is 38.0 Å². The van der Waals surface area contributed by atoms with Crippen molar-refractivity contribution in [2.24, 2.45) is 11.8 Å². The maximum atomic E-state index is 13.5. The Bertz CT molecular complexity index is 600. The summed E-state index contributed by atoms with van der Waals surface area (Å²) in [4.78, 5) is 23.9. The van der Waals surface area contributed by atoms with Crippen molar-refractivity contribution in [2.75, 3.05) is 26.2 Å². The van der Waals surface area contributed by atoms with Crippen molar-refractivity contribution in [1.82, 2.24) is 16.0 Å². The van der Waals surface area contributed by atoms with Crippen LogP contribution in [0.1, 0.15) is 42.1 Å². The first-order valence-electron chi connectivity index (χ1n) is 8.99. The van der Waals surface area contributed by atoms with Crippen LogP contribution < -0.4 is 16.0 Å². The number of carbonyl (C=O) groups excluding carboxylic acids is 2. The van der Waals surface area contributed by atoms with Gasteiger partial charge in [-0.05, 0) is 62.4 Å². The molecule has 0 radical (unpaired) electrons. The zero-order valence-corrected chi connectivity index (χ0v) is 15.0. The molecule has 1 unspecified atom stereocenters. The number of amides is 2. The van der Waals surface area contributed by atoms with Crippen molar-refractivity contribution in [3.05, 3.63) is 35.1 Å². The number of aryl methyl sites for hydroxylation is 1. The van der Waals surface area contributed by atoms with Gasteiger partial charge in [-0.25, -0.2) is 4.39 Å². The topological polar surface area (TPSA) is 70.2 Å². The van der Waals surface area contributed by atoms with Crippen molar-refractivity contribution in [3.8, 4) is 0 Å². The minimum absolute atomic E-state index is 0.0154. The van der Waals surface area contributed by atoms with Crippen LogP contribution in [0.15, 0.2) is 18.2 Å². The first-order chi connectivity index (χ1) is 12.0. The Morgan fingerprint density at radius 3 is 2.60 bits per heavy atom. The fourth-order valence-electron chi connectivity index (χ4n) is 3.16. The van der Waals surface area contributed by atoms with Crippen LogP contribution >= 0.6 is 0 Å². The maximum absolute atomic E-state index is 13.5. The average molecular weight is 349 g/mol. The van der Waals surface area contributed by atoms with E-state index in [9.17, 15) is 14.0 Å². The second-order valence-corrected chi connectivity index (χ2v) is 6.84. The van der Waals surface area contributed by atoms with E-state index in [4.69, 9.17) is 0 Å². The van der Waals surface area contributed by atoms with Gasteiger partial charge in [0.15, 0.2) is 0 Å². The van der Waals surface area contributed by atoms with E-state index >= 15 is 0 Å². The first-order valence-corrected chi connectivity index (χ1v) is 8.99. The number of halogens is 1. The molecule has 3 N–H and O–H groups in total. The Balaban J connectivity index is 1.65. The van der Waals surface area contributed by atoms with Crippen LogP contribution in [0, 0.1) is 24.6 Å². The molecule has 0 spiro atoms. The van der Waals surface area contributed by atoms with Gasteiger partial charge in [0.2, 0.25) is 5.91 Å². The number of hydrogen-bond acceptors (Lipinski definition) is 3. The molecule has 1 aliphatic rings. The lowest BCUT2D eigenvalue weighted by Crippen LogP contribution is -2.37. The van der Waals surface area contributed by atoms with E-state index in [2.05, 4.69) is 22.9 Å². The summed E-state index contributed by atoms with van der Waals surface area (Å²) >= 11 is 0. The van der Waals surface area contributed by atoms with Gasteiger partial charge in [0.05, 0.1) is 0 Å². The zero-order valence-electron chi connectivity index (χ0n) is 15.0. The lowest BCUT2D eigenvalue weighted by Gasteiger charge is -2.27. The van der Waals surface area contributed by atoms with Gasteiger partial charge in [0.1, 0.15) is 5.82 Å². The summed E-state index contributed by atoms with van der Waals surface area (Å²) in [6, 6.07) is 4.39. The third kappa shape index (κ3) is 6.12. The van der Waals surface area contributed by atoms with Gasteiger partial charge in [-0.2, -0.15) is 0 Å². The average Bonchev–Trinajstić information content (AvgIpc) is 2.61. The summed E-state index contributed by atoms with van der Waals surface area (Å²) < 4.78 is 13.5. The zero-order chi connectivity index (χ0) is 18.2. The number of benzene rings is 1. The third-order valence-electron chi connectivity index (χ3n) is 4.86. The van der Waals surface area contributed by atoms with Gasteiger partial charge in [-0.15, -0.1) is 0 Å². The molecule has 1 aliphatic heterocycles. The third-order valence-corrected chi connectivity index (χ3v) is 4.86. The molecule has 1 heterocycles. The van der Waals surface area contributed by atoms with Crippen molar-refractivity contribution >= 4 is 11.8 Å². The molecule has 2 amide bonds. The van der Waals surface area contributed by atoms with Gasteiger partial charge in [-0.1, -0.05) is 13.0 Å². The van der Waals surface area contributed by atoms with Crippen molar-refractivity contribution < 1.29 is 14.0 Å². The largest absolute Gasteiger partial charge is 0.354 e. The molecule has 1 fully saturated rings. The lowest BCUT2D eigenvalue weighted by molar-refractivity contribution is -0.122. The van der Waals surface area contributed by atoms with E-state index in [1.54, 1.807) is 19.1 Å². The van der Waals surface area contributed by atoms with Crippen LogP contribution in [0.5, 0.6) is 0 Å². The first kappa shape index (κ1) is 19.4. The Kier molecular flexibility index (Phi) is 7.37. The van der Waals surface area contributed by atoms with Crippen LogP contribution in [0.2, 0.25) is 0 Å². The highest BCUT2D eigenvalue weighted by atomic mass is 19.1. The standard InChI is InChI=1S/C19H28FN3O2/c1-13-3-4-16(12-17(13)20)19(25)23-10-9-22-18(24)11-14(2)15-5-7-21-8-6-15/h3-4,12,14-15,21H,5-11H2,1-2H3,(H,22,24)(H,23,25). The van der Waals surface area contributed by atoms with Gasteiger partial charge in [0, 0.05) is 25.1 Å². The van der Waals surface area contributed by atoms with Crippen molar-refractivity contribution in [3.63, 3.8) is 0 Å². The van der Waals surface area contributed by atoms with E-state index in [1.165, 1.54) is 6.07 Å². The number of nitrogens with one attached hydrogen (secondary N) is 3. The van der Waals surface area contributed by atoms with Gasteiger partial charge in [-0.3, -0.25) is 9.59 Å². The molecule has 2 rings (SSSR count). The van der Waals surface area contributed by atoms with Crippen LogP contribution in [-0.2, 0) is 4.79 Å². The molecular weight excluding hydrogens is 321 g/mol. The number of piperidine rings is 1. The molecule has 25 heavy (non-hydrogen) atoms. The van der Waals surface area contributed by atoms with E-state index in [-0.39, 0.29) is 17.4 Å². The molecule has 1 atom stereocenters. The van der Waals surface area contributed by atoms with Crippen molar-refractivity contribution in [2.45, 2.75) is 33.1 Å². The molecule has 0 aromatic heterocycles. The molecule has 0 bridgehead atoms. The highest BCUT2D eigenvalue weighted by Crippen LogP contribution is 2.24. The second-order valence-electron chi connectivity index (χ2n) is 6.84. The summed E-state index contributed by atoms with van der Waals surface area (Å²) in [5, 5.41) is 8.86. The molecule has 1 aromatic carbocycles. The van der Waals surface area contributed by atoms with Crippen LogP contribution in [0.25, 0.3) is 0 Å². The summed E-state index contributed by atoms with van der Waals surface area (Å²) in [7, 11) is 0. The highest BCUT2D eigenvalue weighted by molar-refractivity contribution is 5.94. The number of rotatable bonds is 7. The smallest absolute Gasteiger partial charge is 0.251 e. The predicted octanol–water partition coefficient (Wildman–Crippen LogP) is 2.01. The van der Waals surface area contributed by atoms with Crippen molar-refractivity contribution in [1.29, 1.82) is 0 Å². The van der Waals surface area contributed by atoms with E-state index in [0.29, 0.717) is 36.9 Å². The number of carbonyl (C=O) groups is 2. The normalized spacial score (nSPS) is 16.3. The lowest BCUT2D eigenvalue weighted by atomic mass is 9.84. The van der Waals surface area contributed by atoms with Gasteiger partial charge < -0.3 is 16.0 Å². The van der Waals surface area contributed by atoms with E-state index < -0.39 is 5.82 Å². The maximum Gasteiger partial charge on any atom is 0.251 e. The minimum atomic E-state index is -0.396. The monoisotopic (exact) mass is 349 g/mol.